The Bertz CT molecular complexity index is 788. The van der Waals surface area contributed by atoms with Crippen LogP contribution in [0.1, 0.15) is 5.69 Å². The van der Waals surface area contributed by atoms with Crippen LogP contribution < -0.4 is 5.43 Å². The quantitative estimate of drug-likeness (QED) is 0.706. The molecule has 0 amide bonds. The number of aryl methyl sites for hydroxylation is 1. The number of hydrogen-bond donors (Lipinski definition) is 2. The third kappa shape index (κ3) is 1.71. The summed E-state index contributed by atoms with van der Waals surface area (Å²) in [4.78, 5) is 22.4. The molecule has 0 bridgehead atoms. The SMILES string of the molecule is Cc1cc(=O)c(-c2nc3c(Cl)cccc3[nH]2)c[nH]1. The number of benzene rings is 1. The highest BCUT2D eigenvalue weighted by atomic mass is 35.5. The number of aromatic nitrogens is 3. The van der Waals surface area contributed by atoms with E-state index in [1.807, 2.05) is 19.1 Å². The number of rotatable bonds is 1. The van der Waals surface area contributed by atoms with Crippen LogP contribution in [-0.4, -0.2) is 15.0 Å². The molecule has 0 unspecified atom stereocenters. The highest BCUT2D eigenvalue weighted by Gasteiger charge is 2.10. The van der Waals surface area contributed by atoms with Crippen LogP contribution in [0.15, 0.2) is 35.3 Å². The summed E-state index contributed by atoms with van der Waals surface area (Å²) >= 11 is 6.05. The van der Waals surface area contributed by atoms with Gasteiger partial charge in [-0.2, -0.15) is 0 Å². The Morgan fingerprint density at radius 2 is 2.17 bits per heavy atom. The van der Waals surface area contributed by atoms with Gasteiger partial charge in [0.1, 0.15) is 11.3 Å². The normalized spacial score (nSPS) is 11.0. The molecule has 0 saturated heterocycles. The summed E-state index contributed by atoms with van der Waals surface area (Å²) in [5, 5.41) is 0.568. The Morgan fingerprint density at radius 1 is 1.33 bits per heavy atom. The van der Waals surface area contributed by atoms with E-state index < -0.39 is 0 Å². The van der Waals surface area contributed by atoms with Gasteiger partial charge in [-0.05, 0) is 19.1 Å². The van der Waals surface area contributed by atoms with Crippen molar-refractivity contribution < 1.29 is 0 Å². The third-order valence-corrected chi connectivity index (χ3v) is 3.08. The number of H-pyrrole nitrogens is 2. The van der Waals surface area contributed by atoms with Gasteiger partial charge in [0.2, 0.25) is 0 Å². The van der Waals surface area contributed by atoms with Crippen LogP contribution in [0.4, 0.5) is 0 Å². The molecule has 2 aromatic heterocycles. The maximum atomic E-state index is 11.9. The second kappa shape index (κ2) is 3.99. The number of fused-ring (bicyclic) bond motifs is 1. The van der Waals surface area contributed by atoms with Crippen molar-refractivity contribution in [3.8, 4) is 11.4 Å². The van der Waals surface area contributed by atoms with Crippen LogP contribution in [0, 0.1) is 6.92 Å². The fourth-order valence-corrected chi connectivity index (χ4v) is 2.10. The molecule has 0 radical (unpaired) electrons. The molecular weight excluding hydrogens is 250 g/mol. The zero-order chi connectivity index (χ0) is 12.7. The number of pyridine rings is 1. The molecule has 0 atom stereocenters. The topological polar surface area (TPSA) is 61.5 Å². The van der Waals surface area contributed by atoms with Gasteiger partial charge in [-0.25, -0.2) is 4.98 Å². The Kier molecular flexibility index (Phi) is 2.45. The number of para-hydroxylation sites is 1. The summed E-state index contributed by atoms with van der Waals surface area (Å²) in [6.07, 6.45) is 1.66. The molecule has 18 heavy (non-hydrogen) atoms. The Labute approximate surface area is 108 Å². The lowest BCUT2D eigenvalue weighted by molar-refractivity contribution is 1.17. The molecule has 0 aliphatic heterocycles. The maximum absolute atomic E-state index is 11.9. The molecule has 2 heterocycles. The highest BCUT2D eigenvalue weighted by molar-refractivity contribution is 6.34. The monoisotopic (exact) mass is 259 g/mol. The van der Waals surface area contributed by atoms with Crippen LogP contribution in [0.3, 0.4) is 0 Å². The molecular formula is C13H10ClN3O. The van der Waals surface area contributed by atoms with Crippen molar-refractivity contribution in [2.45, 2.75) is 6.92 Å². The van der Waals surface area contributed by atoms with Gasteiger partial charge in [0.25, 0.3) is 0 Å². The zero-order valence-electron chi connectivity index (χ0n) is 9.62. The number of aromatic amines is 2. The third-order valence-electron chi connectivity index (χ3n) is 2.78. The van der Waals surface area contributed by atoms with E-state index in [1.165, 1.54) is 0 Å². The van der Waals surface area contributed by atoms with Crippen molar-refractivity contribution in [3.05, 3.63) is 51.4 Å². The molecule has 0 aliphatic carbocycles. The van der Waals surface area contributed by atoms with Crippen LogP contribution in [0.2, 0.25) is 5.02 Å². The van der Waals surface area contributed by atoms with Crippen LogP contribution >= 0.6 is 11.6 Å². The lowest BCUT2D eigenvalue weighted by Crippen LogP contribution is -2.05. The Balaban J connectivity index is 2.26. The summed E-state index contributed by atoms with van der Waals surface area (Å²) in [5.74, 6) is 0.527. The average molecular weight is 260 g/mol. The minimum atomic E-state index is -0.0681. The van der Waals surface area contributed by atoms with Gasteiger partial charge in [-0.15, -0.1) is 0 Å². The van der Waals surface area contributed by atoms with E-state index in [4.69, 9.17) is 11.6 Å². The van der Waals surface area contributed by atoms with E-state index in [1.54, 1.807) is 18.3 Å². The standard InChI is InChI=1S/C13H10ClN3O/c1-7-5-11(18)8(6-15-7)13-16-10-4-2-3-9(14)12(10)17-13/h2-6H,1H3,(H,15,18)(H,16,17). The van der Waals surface area contributed by atoms with E-state index >= 15 is 0 Å². The fourth-order valence-electron chi connectivity index (χ4n) is 1.88. The molecule has 0 aliphatic rings. The average Bonchev–Trinajstić information content (AvgIpc) is 2.74. The van der Waals surface area contributed by atoms with Crippen molar-refractivity contribution in [1.29, 1.82) is 0 Å². The molecule has 3 rings (SSSR count). The zero-order valence-corrected chi connectivity index (χ0v) is 10.4. The highest BCUT2D eigenvalue weighted by Crippen LogP contribution is 2.23. The first-order valence-corrected chi connectivity index (χ1v) is 5.87. The van der Waals surface area contributed by atoms with Crippen LogP contribution in [-0.2, 0) is 0 Å². The van der Waals surface area contributed by atoms with Gasteiger partial charge in [0.15, 0.2) is 5.43 Å². The Hall–Kier alpha value is -2.07. The van der Waals surface area contributed by atoms with Gasteiger partial charge >= 0.3 is 0 Å². The molecule has 2 N–H and O–H groups in total. The summed E-state index contributed by atoms with van der Waals surface area (Å²) in [5.41, 5.74) is 2.75. The van der Waals surface area contributed by atoms with E-state index in [0.29, 0.717) is 21.9 Å². The second-order valence-corrected chi connectivity index (χ2v) is 4.52. The van der Waals surface area contributed by atoms with E-state index in [0.717, 1.165) is 11.2 Å². The lowest BCUT2D eigenvalue weighted by atomic mass is 10.2. The predicted molar refractivity (Wildman–Crippen MR) is 71.9 cm³/mol. The molecule has 4 nitrogen and oxygen atoms in total. The summed E-state index contributed by atoms with van der Waals surface area (Å²) in [6.45, 7) is 1.83. The number of nitrogens with one attached hydrogen (secondary N) is 2. The first-order chi connectivity index (χ1) is 8.65. The van der Waals surface area contributed by atoms with Crippen molar-refractivity contribution >= 4 is 22.6 Å². The summed E-state index contributed by atoms with van der Waals surface area (Å²) < 4.78 is 0. The van der Waals surface area contributed by atoms with Gasteiger partial charge in [-0.1, -0.05) is 17.7 Å². The van der Waals surface area contributed by atoms with E-state index in [9.17, 15) is 4.79 Å². The molecule has 90 valence electrons. The maximum Gasteiger partial charge on any atom is 0.192 e. The molecule has 3 aromatic rings. The molecule has 0 fully saturated rings. The minimum absolute atomic E-state index is 0.0681. The van der Waals surface area contributed by atoms with Crippen molar-refractivity contribution in [2.75, 3.05) is 0 Å². The predicted octanol–water partition coefficient (Wildman–Crippen LogP) is 2.88. The largest absolute Gasteiger partial charge is 0.364 e. The lowest BCUT2D eigenvalue weighted by Gasteiger charge is -1.96. The Morgan fingerprint density at radius 3 is 2.89 bits per heavy atom. The van der Waals surface area contributed by atoms with Gasteiger partial charge in [-0.3, -0.25) is 4.79 Å². The molecule has 0 spiro atoms. The van der Waals surface area contributed by atoms with Crippen molar-refractivity contribution in [2.24, 2.45) is 0 Å². The van der Waals surface area contributed by atoms with Crippen LogP contribution in [0.25, 0.3) is 22.4 Å². The fraction of sp³-hybridized carbons (Fsp3) is 0.0769. The van der Waals surface area contributed by atoms with Gasteiger partial charge in [0, 0.05) is 18.0 Å². The number of imidazole rings is 1. The molecule has 5 heteroatoms. The smallest absolute Gasteiger partial charge is 0.192 e. The van der Waals surface area contributed by atoms with Gasteiger partial charge < -0.3 is 9.97 Å². The number of halogens is 1. The van der Waals surface area contributed by atoms with Crippen LogP contribution in [0.5, 0.6) is 0 Å². The minimum Gasteiger partial charge on any atom is -0.364 e. The van der Waals surface area contributed by atoms with Crippen molar-refractivity contribution in [3.63, 3.8) is 0 Å². The first kappa shape index (κ1) is 11.0. The summed E-state index contributed by atoms with van der Waals surface area (Å²) in [6, 6.07) is 7.03. The van der Waals surface area contributed by atoms with Crippen molar-refractivity contribution in [1.82, 2.24) is 15.0 Å². The summed E-state index contributed by atoms with van der Waals surface area (Å²) in [7, 11) is 0. The molecule has 0 saturated carbocycles. The number of nitrogens with zero attached hydrogens (tertiary/aromatic N) is 1. The first-order valence-electron chi connectivity index (χ1n) is 5.49. The van der Waals surface area contributed by atoms with E-state index in [2.05, 4.69) is 15.0 Å². The number of hydrogen-bond acceptors (Lipinski definition) is 2. The molecule has 1 aromatic carbocycles. The second-order valence-electron chi connectivity index (χ2n) is 4.12. The van der Waals surface area contributed by atoms with Gasteiger partial charge in [0.05, 0.1) is 16.1 Å². The van der Waals surface area contributed by atoms with E-state index in [-0.39, 0.29) is 5.43 Å².